The summed E-state index contributed by atoms with van der Waals surface area (Å²) in [4.78, 5) is 12.7. The Hall–Kier alpha value is -1.84. The van der Waals surface area contributed by atoms with E-state index in [1.165, 1.54) is 40.7 Å². The Morgan fingerprint density at radius 2 is 1.79 bits per heavy atom. The minimum Gasteiger partial charge on any atom is -0.492 e. The molecule has 1 heterocycles. The molecule has 0 spiro atoms. The van der Waals surface area contributed by atoms with Crippen LogP contribution in [0.2, 0.25) is 10.0 Å². The van der Waals surface area contributed by atoms with Crippen LogP contribution in [0, 0.1) is 0 Å². The van der Waals surface area contributed by atoms with Crippen LogP contribution >= 0.6 is 23.2 Å². The van der Waals surface area contributed by atoms with Crippen LogP contribution in [0.1, 0.15) is 17.3 Å². The van der Waals surface area contributed by atoms with Gasteiger partial charge in [0.25, 0.3) is 5.91 Å². The van der Waals surface area contributed by atoms with Gasteiger partial charge in [-0.2, -0.15) is 4.31 Å². The van der Waals surface area contributed by atoms with Crippen LogP contribution in [0.5, 0.6) is 5.75 Å². The largest absolute Gasteiger partial charge is 0.492 e. The Kier molecular flexibility index (Phi) is 7.02. The van der Waals surface area contributed by atoms with Crippen molar-refractivity contribution in [2.45, 2.75) is 11.8 Å². The highest BCUT2D eigenvalue weighted by molar-refractivity contribution is 7.89. The molecule has 0 atom stereocenters. The number of carbonyl (C=O) groups excluding carboxylic acids is 1. The van der Waals surface area contributed by atoms with Crippen LogP contribution in [-0.4, -0.2) is 51.5 Å². The van der Waals surface area contributed by atoms with Crippen LogP contribution in [0.15, 0.2) is 41.3 Å². The topological polar surface area (TPSA) is 84.9 Å². The first-order valence-corrected chi connectivity index (χ1v) is 11.1. The number of carbonyl (C=O) groups is 1. The van der Waals surface area contributed by atoms with Crippen LogP contribution in [0.3, 0.4) is 0 Å². The molecule has 2 aromatic carbocycles. The first-order chi connectivity index (χ1) is 13.8. The summed E-state index contributed by atoms with van der Waals surface area (Å²) in [5.41, 5.74) is 0.480. The quantitative estimate of drug-likeness (QED) is 0.713. The molecule has 1 N–H and O–H groups in total. The van der Waals surface area contributed by atoms with E-state index in [9.17, 15) is 13.2 Å². The summed E-state index contributed by atoms with van der Waals surface area (Å²) >= 11 is 11.9. The number of hydrogen-bond acceptors (Lipinski definition) is 5. The molecule has 0 aliphatic carbocycles. The van der Waals surface area contributed by atoms with Crippen molar-refractivity contribution in [1.29, 1.82) is 0 Å². The normalized spacial score (nSPS) is 15.1. The first kappa shape index (κ1) is 21.9. The van der Waals surface area contributed by atoms with Gasteiger partial charge in [-0.05, 0) is 43.3 Å². The number of halogens is 2. The summed E-state index contributed by atoms with van der Waals surface area (Å²) in [6, 6.07) is 8.83. The van der Waals surface area contributed by atoms with Crippen LogP contribution in [0.4, 0.5) is 5.69 Å². The van der Waals surface area contributed by atoms with Gasteiger partial charge < -0.3 is 14.8 Å². The summed E-state index contributed by atoms with van der Waals surface area (Å²) in [6.45, 7) is 3.38. The second kappa shape index (κ2) is 9.32. The summed E-state index contributed by atoms with van der Waals surface area (Å²) in [6.07, 6.45) is 0. The van der Waals surface area contributed by atoms with Gasteiger partial charge in [-0.15, -0.1) is 0 Å². The molecule has 29 heavy (non-hydrogen) atoms. The van der Waals surface area contributed by atoms with Gasteiger partial charge in [-0.1, -0.05) is 23.2 Å². The molecular weight excluding hydrogens is 439 g/mol. The van der Waals surface area contributed by atoms with Gasteiger partial charge in [0.2, 0.25) is 10.0 Å². The smallest absolute Gasteiger partial charge is 0.255 e. The Balaban J connectivity index is 1.93. The average molecular weight is 459 g/mol. The molecule has 3 rings (SSSR count). The highest BCUT2D eigenvalue weighted by Crippen LogP contribution is 2.30. The molecule has 0 bridgehead atoms. The number of ether oxygens (including phenoxy) is 2. The SMILES string of the molecule is CCOc1ccc(S(=O)(=O)N2CCOCC2)cc1NC(=O)c1cc(Cl)cc(Cl)c1. The zero-order valence-corrected chi connectivity index (χ0v) is 18.0. The van der Waals surface area contributed by atoms with Crippen LogP contribution < -0.4 is 10.1 Å². The van der Waals surface area contributed by atoms with Crippen molar-refractivity contribution >= 4 is 44.8 Å². The van der Waals surface area contributed by atoms with Crippen molar-refractivity contribution in [3.05, 3.63) is 52.0 Å². The average Bonchev–Trinajstić information content (AvgIpc) is 2.69. The second-order valence-corrected chi connectivity index (χ2v) is 9.03. The third-order valence-electron chi connectivity index (χ3n) is 4.23. The van der Waals surface area contributed by atoms with Crippen molar-refractivity contribution in [3.8, 4) is 5.75 Å². The monoisotopic (exact) mass is 458 g/mol. The lowest BCUT2D eigenvalue weighted by Gasteiger charge is -2.26. The fourth-order valence-electron chi connectivity index (χ4n) is 2.86. The second-order valence-electron chi connectivity index (χ2n) is 6.22. The van der Waals surface area contributed by atoms with Gasteiger partial charge in [-0.25, -0.2) is 8.42 Å². The minimum atomic E-state index is -3.73. The van der Waals surface area contributed by atoms with Gasteiger partial charge in [0.05, 0.1) is 30.4 Å². The summed E-state index contributed by atoms with van der Waals surface area (Å²) in [5, 5.41) is 3.32. The number of rotatable bonds is 6. The Bertz CT molecular complexity index is 987. The predicted octanol–water partition coefficient (Wildman–Crippen LogP) is 3.67. The fraction of sp³-hybridized carbons (Fsp3) is 0.316. The highest BCUT2D eigenvalue weighted by Gasteiger charge is 2.27. The third-order valence-corrected chi connectivity index (χ3v) is 6.56. The molecule has 1 aliphatic heterocycles. The third kappa shape index (κ3) is 5.21. The molecule has 1 fully saturated rings. The van der Waals surface area contributed by atoms with Gasteiger partial charge in [0, 0.05) is 28.7 Å². The van der Waals surface area contributed by atoms with E-state index in [1.807, 2.05) is 0 Å². The van der Waals surface area contributed by atoms with Crippen molar-refractivity contribution in [2.24, 2.45) is 0 Å². The van der Waals surface area contributed by atoms with Crippen LogP contribution in [0.25, 0.3) is 0 Å². The van der Waals surface area contributed by atoms with E-state index in [1.54, 1.807) is 6.92 Å². The molecule has 2 aromatic rings. The molecule has 0 saturated carbocycles. The van der Waals surface area contributed by atoms with Crippen molar-refractivity contribution in [2.75, 3.05) is 38.2 Å². The van der Waals surface area contributed by atoms with E-state index in [-0.39, 0.29) is 29.2 Å². The lowest BCUT2D eigenvalue weighted by molar-refractivity contribution is 0.0730. The van der Waals surface area contributed by atoms with E-state index >= 15 is 0 Å². The Morgan fingerprint density at radius 1 is 1.14 bits per heavy atom. The number of anilines is 1. The maximum Gasteiger partial charge on any atom is 0.255 e. The Morgan fingerprint density at radius 3 is 2.41 bits per heavy atom. The summed E-state index contributed by atoms with van der Waals surface area (Å²) in [7, 11) is -3.73. The maximum atomic E-state index is 12.9. The van der Waals surface area contributed by atoms with Crippen molar-refractivity contribution in [1.82, 2.24) is 4.31 Å². The molecule has 10 heteroatoms. The van der Waals surface area contributed by atoms with E-state index in [0.717, 1.165) is 0 Å². The molecule has 1 aliphatic rings. The Labute approximate surface area is 179 Å². The zero-order chi connectivity index (χ0) is 21.0. The molecule has 0 unspecified atom stereocenters. The maximum absolute atomic E-state index is 12.9. The van der Waals surface area contributed by atoms with E-state index in [4.69, 9.17) is 32.7 Å². The number of morpholine rings is 1. The molecule has 156 valence electrons. The minimum absolute atomic E-state index is 0.0577. The van der Waals surface area contributed by atoms with Crippen molar-refractivity contribution < 1.29 is 22.7 Å². The first-order valence-electron chi connectivity index (χ1n) is 8.93. The number of nitrogens with one attached hydrogen (secondary N) is 1. The number of nitrogens with zero attached hydrogens (tertiary/aromatic N) is 1. The van der Waals surface area contributed by atoms with Gasteiger partial charge in [-0.3, -0.25) is 4.79 Å². The number of amides is 1. The fourth-order valence-corrected chi connectivity index (χ4v) is 4.82. The summed E-state index contributed by atoms with van der Waals surface area (Å²) in [5.74, 6) is -0.133. The molecule has 1 amide bonds. The van der Waals surface area contributed by atoms with Gasteiger partial charge in [0.1, 0.15) is 5.75 Å². The lowest BCUT2D eigenvalue weighted by atomic mass is 10.2. The molecular formula is C19H20Cl2N2O5S. The van der Waals surface area contributed by atoms with E-state index in [0.29, 0.717) is 35.6 Å². The van der Waals surface area contributed by atoms with Crippen molar-refractivity contribution in [3.63, 3.8) is 0 Å². The predicted molar refractivity (Wildman–Crippen MR) is 112 cm³/mol. The standard InChI is InChI=1S/C19H20Cl2N2O5S/c1-2-28-18-4-3-16(29(25,26)23-5-7-27-8-6-23)12-17(18)22-19(24)13-9-14(20)11-15(21)10-13/h3-4,9-12H,2,5-8H2,1H3,(H,22,24). The summed E-state index contributed by atoms with van der Waals surface area (Å²) < 4.78 is 38.0. The number of benzene rings is 2. The number of sulfonamides is 1. The molecule has 1 saturated heterocycles. The number of hydrogen-bond donors (Lipinski definition) is 1. The highest BCUT2D eigenvalue weighted by atomic mass is 35.5. The van der Waals surface area contributed by atoms with Gasteiger partial charge in [0.15, 0.2) is 0 Å². The van der Waals surface area contributed by atoms with Crippen LogP contribution in [-0.2, 0) is 14.8 Å². The van der Waals surface area contributed by atoms with Gasteiger partial charge >= 0.3 is 0 Å². The zero-order valence-electron chi connectivity index (χ0n) is 15.7. The van der Waals surface area contributed by atoms with E-state index < -0.39 is 15.9 Å². The molecule has 7 nitrogen and oxygen atoms in total. The molecule has 0 aromatic heterocycles. The van der Waals surface area contributed by atoms with E-state index in [2.05, 4.69) is 5.32 Å². The lowest BCUT2D eigenvalue weighted by Crippen LogP contribution is -2.40. The molecule has 0 radical (unpaired) electrons.